The van der Waals surface area contributed by atoms with Crippen molar-refractivity contribution in [3.8, 4) is 0 Å². The summed E-state index contributed by atoms with van der Waals surface area (Å²) in [7, 11) is 0. The van der Waals surface area contributed by atoms with Crippen molar-refractivity contribution in [1.82, 2.24) is 16.0 Å². The Morgan fingerprint density at radius 1 is 1.04 bits per heavy atom. The Bertz CT molecular complexity index is 536. The number of carbonyl (C=O) groups excluding carboxylic acids is 1. The zero-order valence-corrected chi connectivity index (χ0v) is 13.3. The maximum Gasteiger partial charge on any atom is 0.326 e. The average Bonchev–Trinajstić information content (AvgIpc) is 2.55. The summed E-state index contributed by atoms with van der Waals surface area (Å²) >= 11 is 0. The highest BCUT2D eigenvalue weighted by Gasteiger charge is 2.19. The maximum atomic E-state index is 11.4. The van der Waals surface area contributed by atoms with Crippen molar-refractivity contribution < 1.29 is 24.6 Å². The highest BCUT2D eigenvalue weighted by atomic mass is 16.4. The third-order valence-corrected chi connectivity index (χ3v) is 3.27. The summed E-state index contributed by atoms with van der Waals surface area (Å²) in [6, 6.07) is 8.10. The molecule has 1 rings (SSSR count). The van der Waals surface area contributed by atoms with Crippen LogP contribution in [0.3, 0.4) is 0 Å². The molecule has 0 spiro atoms. The van der Waals surface area contributed by atoms with E-state index in [0.29, 0.717) is 6.42 Å². The van der Waals surface area contributed by atoms with Gasteiger partial charge in [-0.1, -0.05) is 30.3 Å². The van der Waals surface area contributed by atoms with Crippen LogP contribution >= 0.6 is 0 Å². The Morgan fingerprint density at radius 3 is 2.38 bits per heavy atom. The number of hydrogen-bond acceptors (Lipinski definition) is 4. The lowest BCUT2D eigenvalue weighted by atomic mass is 10.1. The van der Waals surface area contributed by atoms with Crippen LogP contribution in [0.5, 0.6) is 0 Å². The Hall–Kier alpha value is -2.61. The molecule has 8 nitrogen and oxygen atoms in total. The first-order valence-corrected chi connectivity index (χ1v) is 7.72. The second-order valence-corrected chi connectivity index (χ2v) is 5.27. The van der Waals surface area contributed by atoms with Crippen LogP contribution in [-0.4, -0.2) is 47.3 Å². The quantitative estimate of drug-likeness (QED) is 0.380. The molecule has 0 bridgehead atoms. The van der Waals surface area contributed by atoms with Crippen LogP contribution in [0.15, 0.2) is 30.3 Å². The van der Waals surface area contributed by atoms with E-state index in [1.54, 1.807) is 0 Å². The van der Waals surface area contributed by atoms with Gasteiger partial charge in [0.25, 0.3) is 0 Å². The predicted molar refractivity (Wildman–Crippen MR) is 87.6 cm³/mol. The number of hydrogen-bond donors (Lipinski definition) is 5. The van der Waals surface area contributed by atoms with Gasteiger partial charge >= 0.3 is 18.0 Å². The van der Waals surface area contributed by atoms with Crippen LogP contribution in [0.25, 0.3) is 0 Å². The second kappa shape index (κ2) is 11.0. The fourth-order valence-corrected chi connectivity index (χ4v) is 2.05. The summed E-state index contributed by atoms with van der Waals surface area (Å²) < 4.78 is 0. The number of benzene rings is 1. The second-order valence-electron chi connectivity index (χ2n) is 5.27. The Kier molecular flexibility index (Phi) is 8.91. The van der Waals surface area contributed by atoms with Crippen molar-refractivity contribution in [2.45, 2.75) is 31.8 Å². The molecule has 132 valence electrons. The standard InChI is InChI=1S/C16H23N3O5/c20-14(21)11-18-16(24)19-13(15(22)23)8-4-5-9-17-10-12-6-2-1-3-7-12/h1-3,6-7,13,17H,4-5,8-11H2,(H,20,21)(H,22,23)(H2,18,19,24)/t13-/m0/s1. The molecule has 0 saturated carbocycles. The highest BCUT2D eigenvalue weighted by molar-refractivity contribution is 5.84. The molecule has 0 aliphatic carbocycles. The number of amides is 2. The number of aliphatic carboxylic acids is 2. The third kappa shape index (κ3) is 8.74. The summed E-state index contributed by atoms with van der Waals surface area (Å²) in [4.78, 5) is 32.8. The van der Waals surface area contributed by atoms with Gasteiger partial charge in [-0.15, -0.1) is 0 Å². The number of unbranched alkanes of at least 4 members (excludes halogenated alkanes) is 1. The molecule has 1 aromatic carbocycles. The molecule has 0 unspecified atom stereocenters. The van der Waals surface area contributed by atoms with Crippen molar-refractivity contribution >= 4 is 18.0 Å². The molecule has 5 N–H and O–H groups in total. The normalized spacial score (nSPS) is 11.5. The van der Waals surface area contributed by atoms with Crippen LogP contribution in [0, 0.1) is 0 Å². The first-order chi connectivity index (χ1) is 11.5. The van der Waals surface area contributed by atoms with Gasteiger partial charge in [-0.25, -0.2) is 9.59 Å². The van der Waals surface area contributed by atoms with Gasteiger partial charge in [-0.3, -0.25) is 4.79 Å². The lowest BCUT2D eigenvalue weighted by molar-refractivity contribution is -0.139. The number of urea groups is 1. The van der Waals surface area contributed by atoms with Gasteiger partial charge < -0.3 is 26.2 Å². The van der Waals surface area contributed by atoms with Gasteiger partial charge in [0.15, 0.2) is 0 Å². The molecule has 0 aliphatic heterocycles. The summed E-state index contributed by atoms with van der Waals surface area (Å²) in [5, 5.41) is 25.1. The van der Waals surface area contributed by atoms with Crippen molar-refractivity contribution in [1.29, 1.82) is 0 Å². The maximum absolute atomic E-state index is 11.4. The molecule has 0 heterocycles. The fourth-order valence-electron chi connectivity index (χ4n) is 2.05. The Balaban J connectivity index is 2.18. The van der Waals surface area contributed by atoms with Crippen LogP contribution in [0.2, 0.25) is 0 Å². The van der Waals surface area contributed by atoms with E-state index in [-0.39, 0.29) is 6.42 Å². The summed E-state index contributed by atoms with van der Waals surface area (Å²) in [5.41, 5.74) is 1.18. The van der Waals surface area contributed by atoms with Crippen molar-refractivity contribution in [2.75, 3.05) is 13.1 Å². The van der Waals surface area contributed by atoms with E-state index in [4.69, 9.17) is 10.2 Å². The Morgan fingerprint density at radius 2 is 1.75 bits per heavy atom. The van der Waals surface area contributed by atoms with Crippen molar-refractivity contribution in [3.63, 3.8) is 0 Å². The predicted octanol–water partition coefficient (Wildman–Crippen LogP) is 0.784. The zero-order valence-electron chi connectivity index (χ0n) is 13.3. The number of carboxylic acid groups (broad SMARTS) is 2. The zero-order chi connectivity index (χ0) is 17.8. The topological polar surface area (TPSA) is 128 Å². The highest BCUT2D eigenvalue weighted by Crippen LogP contribution is 2.02. The number of rotatable bonds is 11. The van der Waals surface area contributed by atoms with Gasteiger partial charge in [0, 0.05) is 6.54 Å². The molecule has 1 atom stereocenters. The van der Waals surface area contributed by atoms with Crippen molar-refractivity contribution in [3.05, 3.63) is 35.9 Å². The molecule has 0 aliphatic rings. The monoisotopic (exact) mass is 337 g/mol. The van der Waals surface area contributed by atoms with Gasteiger partial charge in [-0.05, 0) is 31.4 Å². The first-order valence-electron chi connectivity index (χ1n) is 7.72. The smallest absolute Gasteiger partial charge is 0.326 e. The molecule has 0 fully saturated rings. The summed E-state index contributed by atoms with van der Waals surface area (Å²) in [5.74, 6) is -2.33. The van der Waals surface area contributed by atoms with Gasteiger partial charge in [-0.2, -0.15) is 0 Å². The van der Waals surface area contributed by atoms with Crippen LogP contribution in [0.1, 0.15) is 24.8 Å². The van der Waals surface area contributed by atoms with Gasteiger partial charge in [0.1, 0.15) is 12.6 Å². The minimum Gasteiger partial charge on any atom is -0.480 e. The molecular weight excluding hydrogens is 314 g/mol. The van der Waals surface area contributed by atoms with E-state index in [9.17, 15) is 14.4 Å². The van der Waals surface area contributed by atoms with Gasteiger partial charge in [0.2, 0.25) is 0 Å². The largest absolute Gasteiger partial charge is 0.480 e. The lowest BCUT2D eigenvalue weighted by Gasteiger charge is -2.14. The average molecular weight is 337 g/mol. The molecule has 1 aromatic rings. The van der Waals surface area contributed by atoms with E-state index in [0.717, 1.165) is 19.5 Å². The first kappa shape index (κ1) is 19.4. The van der Waals surface area contributed by atoms with Crippen molar-refractivity contribution in [2.24, 2.45) is 0 Å². The minimum absolute atomic E-state index is 0.281. The van der Waals surface area contributed by atoms with Gasteiger partial charge in [0.05, 0.1) is 0 Å². The number of carboxylic acids is 2. The molecule has 0 saturated heterocycles. The molecule has 0 radical (unpaired) electrons. The Labute approximate surface area is 140 Å². The third-order valence-electron chi connectivity index (χ3n) is 3.27. The van der Waals surface area contributed by atoms with Crippen LogP contribution in [0.4, 0.5) is 4.79 Å². The van der Waals surface area contributed by atoms with E-state index < -0.39 is 30.6 Å². The van der Waals surface area contributed by atoms with E-state index in [1.165, 1.54) is 5.56 Å². The lowest BCUT2D eigenvalue weighted by Crippen LogP contribution is -2.47. The van der Waals surface area contributed by atoms with E-state index >= 15 is 0 Å². The van der Waals surface area contributed by atoms with Crippen LogP contribution < -0.4 is 16.0 Å². The van der Waals surface area contributed by atoms with E-state index in [1.807, 2.05) is 30.3 Å². The molecule has 24 heavy (non-hydrogen) atoms. The van der Waals surface area contributed by atoms with Crippen LogP contribution in [-0.2, 0) is 16.1 Å². The SMILES string of the molecule is O=C(O)CNC(=O)N[C@@H](CCCCNCc1ccccc1)C(=O)O. The molecule has 8 heteroatoms. The number of nitrogens with one attached hydrogen (secondary N) is 3. The molecule has 2 amide bonds. The number of carbonyl (C=O) groups is 3. The minimum atomic E-state index is -1.19. The van der Waals surface area contributed by atoms with E-state index in [2.05, 4.69) is 16.0 Å². The molecular formula is C16H23N3O5. The summed E-state index contributed by atoms with van der Waals surface area (Å²) in [6.45, 7) is 0.938. The fraction of sp³-hybridized carbons (Fsp3) is 0.438. The molecule has 0 aromatic heterocycles. The summed E-state index contributed by atoms with van der Waals surface area (Å²) in [6.07, 6.45) is 1.68.